The largest absolute Gasteiger partial charge is 0.397 e. The first-order chi connectivity index (χ1) is 29.5. The van der Waals surface area contributed by atoms with Crippen molar-refractivity contribution in [1.29, 1.82) is 0 Å². The Morgan fingerprint density at radius 2 is 1.13 bits per heavy atom. The van der Waals surface area contributed by atoms with E-state index in [1.54, 1.807) is 50.2 Å². The Hall–Kier alpha value is -5.07. The van der Waals surface area contributed by atoms with Crippen LogP contribution >= 0.6 is 69.6 Å². The maximum Gasteiger partial charge on any atom is 0.282 e. The van der Waals surface area contributed by atoms with Crippen LogP contribution in [0.5, 0.6) is 0 Å². The molecule has 6 aromatic rings. The second-order valence-corrected chi connectivity index (χ2v) is 18.1. The van der Waals surface area contributed by atoms with Gasteiger partial charge in [-0.1, -0.05) is 109 Å². The first-order valence-corrected chi connectivity index (χ1v) is 22.2. The third-order valence-corrected chi connectivity index (χ3v) is 11.9. The molecular weight excluding hydrogens is 965 g/mol. The van der Waals surface area contributed by atoms with Gasteiger partial charge in [0, 0.05) is 31.2 Å². The predicted octanol–water partition coefficient (Wildman–Crippen LogP) is 12.0. The number of nitrogens with two attached hydrogens (primary N) is 1. The fraction of sp³-hybridized carbons (Fsp3) is 0.220. The van der Waals surface area contributed by atoms with Gasteiger partial charge >= 0.3 is 0 Å². The number of pyridine rings is 2. The van der Waals surface area contributed by atoms with Crippen molar-refractivity contribution >= 4 is 142 Å². The monoisotopic (exact) mass is 998 g/mol. The molecule has 1 atom stereocenters. The number of benzene rings is 4. The Bertz CT molecular complexity index is 2940. The van der Waals surface area contributed by atoms with Crippen molar-refractivity contribution in [2.45, 2.75) is 45.6 Å². The zero-order valence-corrected chi connectivity index (χ0v) is 39.0. The van der Waals surface area contributed by atoms with Gasteiger partial charge in [-0.2, -0.15) is 0 Å². The van der Waals surface area contributed by atoms with Crippen molar-refractivity contribution in [3.8, 4) is 0 Å². The highest BCUT2D eigenvalue weighted by molar-refractivity contribution is 7.84. The summed E-state index contributed by atoms with van der Waals surface area (Å²) in [5.41, 5.74) is 3.26. The number of nitrogens with one attached hydrogen (secondary N) is 3. The lowest BCUT2D eigenvalue weighted by molar-refractivity contribution is -0.383. The van der Waals surface area contributed by atoms with Crippen LogP contribution in [-0.4, -0.2) is 41.8 Å². The van der Waals surface area contributed by atoms with Gasteiger partial charge < -0.3 is 21.0 Å². The highest BCUT2D eigenvalue weighted by atomic mass is 35.5. The zero-order valence-electron chi connectivity index (χ0n) is 33.7. The first kappa shape index (κ1) is 50.6. The van der Waals surface area contributed by atoms with E-state index in [-0.39, 0.29) is 88.5 Å². The number of aromatic nitrogens is 2. The number of halogens is 6. The summed E-state index contributed by atoms with van der Waals surface area (Å²) < 4.78 is 12.0. The van der Waals surface area contributed by atoms with Crippen LogP contribution in [-0.2, 0) is 10.8 Å². The number of non-ortho nitro benzene ring substituents is 2. The molecule has 63 heavy (non-hydrogen) atoms. The second kappa shape index (κ2) is 21.5. The average Bonchev–Trinajstić information content (AvgIpc) is 3.19. The lowest BCUT2D eigenvalue weighted by Gasteiger charge is -2.15. The van der Waals surface area contributed by atoms with E-state index in [4.69, 9.17) is 75.3 Å². The van der Waals surface area contributed by atoms with Gasteiger partial charge in [-0.25, -0.2) is 0 Å². The summed E-state index contributed by atoms with van der Waals surface area (Å²) in [6, 6.07) is 14.8. The van der Waals surface area contributed by atoms with Gasteiger partial charge in [-0.15, -0.1) is 0 Å². The SMILES string of the molecule is CC(C)CC(=O)c1c(Nc2cccc(Cl)c2Cl)[nH]c2c(Cl)ccc([N+](=O)[O-])c2c1=O.CC(C)CC(=O)c1c(S(C)=O)[nH]c2c(Cl)ccc([N+](=O)[O-])c2c1=O.Nc1cccc(Cl)c1Cl. The van der Waals surface area contributed by atoms with Crippen LogP contribution < -0.4 is 21.9 Å². The number of anilines is 3. The van der Waals surface area contributed by atoms with Crippen molar-refractivity contribution in [1.82, 2.24) is 9.97 Å². The molecule has 5 N–H and O–H groups in total. The molecule has 0 amide bonds. The molecule has 1 unspecified atom stereocenters. The Kier molecular flexibility index (Phi) is 17.3. The predicted molar refractivity (Wildman–Crippen MR) is 253 cm³/mol. The first-order valence-electron chi connectivity index (χ1n) is 18.3. The van der Waals surface area contributed by atoms with E-state index < -0.39 is 54.4 Å². The number of ketones is 2. The van der Waals surface area contributed by atoms with Gasteiger partial charge in [0.25, 0.3) is 11.4 Å². The Morgan fingerprint density at radius 1 is 0.683 bits per heavy atom. The molecule has 0 radical (unpaired) electrons. The number of hydrogen-bond acceptors (Lipinski definition) is 11. The number of aromatic amines is 2. The summed E-state index contributed by atoms with van der Waals surface area (Å²) in [6.45, 7) is 7.25. The van der Waals surface area contributed by atoms with Crippen molar-refractivity contribution < 1.29 is 23.6 Å². The van der Waals surface area contributed by atoms with E-state index in [1.807, 2.05) is 13.8 Å². The van der Waals surface area contributed by atoms with Gasteiger partial charge in [-0.3, -0.25) is 43.6 Å². The molecule has 4 aromatic carbocycles. The Balaban J connectivity index is 0.000000235. The third-order valence-electron chi connectivity index (χ3n) is 8.76. The number of hydrogen-bond donors (Lipinski definition) is 4. The van der Waals surface area contributed by atoms with E-state index in [0.29, 0.717) is 21.4 Å². The lowest BCUT2D eigenvalue weighted by atomic mass is 9.99. The number of rotatable bonds is 11. The molecule has 6 rings (SSSR count). The summed E-state index contributed by atoms with van der Waals surface area (Å²) in [7, 11) is -1.67. The molecule has 2 heterocycles. The number of carbonyl (C=O) groups excluding carboxylic acids is 2. The molecular formula is C41H36Cl6N6O9S. The van der Waals surface area contributed by atoms with Gasteiger partial charge in [-0.05, 0) is 48.2 Å². The molecule has 0 saturated heterocycles. The number of carbonyl (C=O) groups is 2. The van der Waals surface area contributed by atoms with Crippen LogP contribution in [0.1, 0.15) is 61.3 Å². The molecule has 0 aliphatic carbocycles. The van der Waals surface area contributed by atoms with Crippen LogP contribution in [0.2, 0.25) is 30.1 Å². The topological polar surface area (TPSA) is 241 Å². The molecule has 0 aliphatic heterocycles. The van der Waals surface area contributed by atoms with Crippen molar-refractivity contribution in [3.05, 3.63) is 143 Å². The van der Waals surface area contributed by atoms with Gasteiger partial charge in [0.2, 0.25) is 10.9 Å². The number of Topliss-reactive ketones (excluding diaryl/α,β-unsaturated/α-hetero) is 2. The molecule has 0 fully saturated rings. The van der Waals surface area contributed by atoms with Crippen molar-refractivity contribution in [3.63, 3.8) is 0 Å². The number of nitrogen functional groups attached to an aromatic ring is 1. The minimum absolute atomic E-state index is 0.00200. The highest BCUT2D eigenvalue weighted by Crippen LogP contribution is 2.35. The summed E-state index contributed by atoms with van der Waals surface area (Å²) >= 11 is 35.7. The van der Waals surface area contributed by atoms with Gasteiger partial charge in [0.15, 0.2) is 11.6 Å². The number of H-pyrrole nitrogens is 2. The quantitative estimate of drug-likeness (QED) is 0.0412. The van der Waals surface area contributed by atoms with E-state index in [2.05, 4.69) is 15.3 Å². The molecule has 2 aromatic heterocycles. The number of nitro groups is 2. The van der Waals surface area contributed by atoms with Gasteiger partial charge in [0.1, 0.15) is 27.2 Å². The maximum absolute atomic E-state index is 13.3. The Labute approximate surface area is 390 Å². The Morgan fingerprint density at radius 3 is 1.57 bits per heavy atom. The highest BCUT2D eigenvalue weighted by Gasteiger charge is 2.28. The molecule has 0 bridgehead atoms. The number of nitrogens with zero attached hydrogens (tertiary/aromatic N) is 2. The number of fused-ring (bicyclic) bond motifs is 2. The van der Waals surface area contributed by atoms with Crippen molar-refractivity contribution in [2.75, 3.05) is 17.3 Å². The summed E-state index contributed by atoms with van der Waals surface area (Å²) in [5.74, 6) is -1.01. The molecule has 0 aliphatic rings. The minimum Gasteiger partial charge on any atom is -0.397 e. The fourth-order valence-corrected chi connectivity index (χ4v) is 7.81. The van der Waals surface area contributed by atoms with Gasteiger partial charge in [0.05, 0.1) is 78.8 Å². The third kappa shape index (κ3) is 11.7. The van der Waals surface area contributed by atoms with Crippen LogP contribution in [0, 0.1) is 32.1 Å². The molecule has 22 heteroatoms. The summed E-state index contributed by atoms with van der Waals surface area (Å²) in [4.78, 5) is 78.3. The smallest absolute Gasteiger partial charge is 0.282 e. The van der Waals surface area contributed by atoms with Crippen molar-refractivity contribution in [2.24, 2.45) is 11.8 Å². The van der Waals surface area contributed by atoms with Crippen LogP contribution in [0.15, 0.2) is 75.3 Å². The standard InChI is InChI=1S/C20H16Cl3N3O4.C15H15ClN2O5S.C6H5Cl2N/c1-9(2)8-14(27)16-19(28)15-13(26(29)30)7-6-11(22)18(15)25-20(16)24-12-5-3-4-10(21)17(12)23;1-7(2)6-10(19)12-14(20)11-9(18(21)22)5-4-8(16)13(11)17-15(12)24(3)23;7-4-2-1-3-5(9)6(4)8/h3-7,9H,8H2,1-2H3,(H2,24,25,28);4-5,7H,6H2,1-3H3,(H,17,20);1-3H,9H2. The van der Waals surface area contributed by atoms with Crippen LogP contribution in [0.4, 0.5) is 28.6 Å². The average molecular weight is 1000 g/mol. The maximum atomic E-state index is 13.3. The van der Waals surface area contributed by atoms with Crippen LogP contribution in [0.3, 0.4) is 0 Å². The molecule has 0 spiro atoms. The normalized spacial score (nSPS) is 11.4. The fourth-order valence-electron chi connectivity index (χ4n) is 6.00. The zero-order chi connectivity index (χ0) is 47.2. The second-order valence-electron chi connectivity index (χ2n) is 14.4. The molecule has 332 valence electrons. The lowest BCUT2D eigenvalue weighted by Crippen LogP contribution is -2.22. The summed E-state index contributed by atoms with van der Waals surface area (Å²) in [6.07, 6.45) is 1.45. The number of nitro benzene ring substituents is 2. The molecule has 15 nitrogen and oxygen atoms in total. The van der Waals surface area contributed by atoms with E-state index in [1.165, 1.54) is 18.4 Å². The van der Waals surface area contributed by atoms with E-state index >= 15 is 0 Å². The van der Waals surface area contributed by atoms with Crippen LogP contribution in [0.25, 0.3) is 21.8 Å². The molecule has 0 saturated carbocycles. The van der Waals surface area contributed by atoms with E-state index in [0.717, 1.165) is 12.1 Å². The summed E-state index contributed by atoms with van der Waals surface area (Å²) in [5, 5.41) is 26.6. The van der Waals surface area contributed by atoms with E-state index in [9.17, 15) is 43.6 Å². The minimum atomic E-state index is -1.67.